The fourth-order valence-electron chi connectivity index (χ4n) is 7.03. The van der Waals surface area contributed by atoms with Crippen LogP contribution < -0.4 is 0 Å². The molecule has 0 spiro atoms. The van der Waals surface area contributed by atoms with Gasteiger partial charge in [-0.15, -0.1) is 0 Å². The van der Waals surface area contributed by atoms with Gasteiger partial charge in [0, 0.05) is 72.6 Å². The second-order valence-electron chi connectivity index (χ2n) is 13.0. The molecule has 0 aliphatic carbocycles. The number of β-amino-alcohol motifs (C(OH)–C–C–N with tert-alkyl or cyclic N) is 2. The molecule has 4 aromatic rings. The van der Waals surface area contributed by atoms with Crippen molar-refractivity contribution in [3.63, 3.8) is 0 Å². The summed E-state index contributed by atoms with van der Waals surface area (Å²) >= 11 is 14.0. The van der Waals surface area contributed by atoms with Crippen molar-refractivity contribution in [2.45, 2.75) is 51.0 Å². The Bertz CT molecular complexity index is 1820. The molecule has 8 nitrogen and oxygen atoms in total. The second-order valence-corrected chi connectivity index (χ2v) is 13.8. The highest BCUT2D eigenvalue weighted by atomic mass is 35.5. The van der Waals surface area contributed by atoms with Crippen molar-refractivity contribution in [2.24, 2.45) is 0 Å². The number of halogens is 4. The molecule has 2 atom stereocenters. The average molecular weight is 726 g/mol. The third kappa shape index (κ3) is 7.86. The zero-order valence-electron chi connectivity index (χ0n) is 27.0. The fourth-order valence-corrected chi connectivity index (χ4v) is 7.70. The highest BCUT2D eigenvalue weighted by molar-refractivity contribution is 6.39. The van der Waals surface area contributed by atoms with E-state index in [1.165, 1.54) is 12.1 Å². The van der Waals surface area contributed by atoms with Crippen LogP contribution in [0.25, 0.3) is 33.4 Å². The molecule has 0 aromatic heterocycles. The maximum atomic E-state index is 15.6. The van der Waals surface area contributed by atoms with Crippen molar-refractivity contribution in [3.8, 4) is 33.4 Å². The first-order chi connectivity index (χ1) is 23.9. The molecule has 2 heterocycles. The fraction of sp³-hybridized carbons (Fsp3) is 0.316. The second kappa shape index (κ2) is 15.1. The number of rotatable bonds is 11. The molecule has 0 fully saturated rings. The van der Waals surface area contributed by atoms with Crippen LogP contribution in [-0.2, 0) is 35.5 Å². The Hall–Kier alpha value is -3.90. The first kappa shape index (κ1) is 35.9. The largest absolute Gasteiger partial charge is 0.481 e. The molecule has 0 saturated heterocycles. The summed E-state index contributed by atoms with van der Waals surface area (Å²) in [5, 5.41) is 38.8. The highest BCUT2D eigenvalue weighted by Crippen LogP contribution is 2.43. The molecule has 4 N–H and O–H groups in total. The molecule has 0 radical (unpaired) electrons. The predicted octanol–water partition coefficient (Wildman–Crippen LogP) is 6.66. The molecular weight excluding hydrogens is 689 g/mol. The van der Waals surface area contributed by atoms with Crippen LogP contribution in [0.4, 0.5) is 8.78 Å². The number of aliphatic hydroxyl groups is 2. The van der Waals surface area contributed by atoms with E-state index in [9.17, 15) is 19.8 Å². The molecule has 6 rings (SSSR count). The van der Waals surface area contributed by atoms with Crippen LogP contribution in [-0.4, -0.2) is 80.6 Å². The van der Waals surface area contributed by atoms with E-state index in [4.69, 9.17) is 33.4 Å². The lowest BCUT2D eigenvalue weighted by Gasteiger charge is -2.30. The maximum Gasteiger partial charge on any atom is 0.306 e. The number of aliphatic hydroxyl groups excluding tert-OH is 2. The van der Waals surface area contributed by atoms with Crippen molar-refractivity contribution in [1.82, 2.24) is 9.80 Å². The number of carboxylic acids is 2. The minimum Gasteiger partial charge on any atom is -0.481 e. The van der Waals surface area contributed by atoms with Gasteiger partial charge in [0.25, 0.3) is 0 Å². The predicted molar refractivity (Wildman–Crippen MR) is 187 cm³/mol. The van der Waals surface area contributed by atoms with E-state index in [0.717, 1.165) is 11.1 Å². The molecule has 12 heteroatoms. The Kier molecular flexibility index (Phi) is 10.9. The van der Waals surface area contributed by atoms with Crippen LogP contribution in [0.5, 0.6) is 0 Å². The Balaban J connectivity index is 1.25. The van der Waals surface area contributed by atoms with Gasteiger partial charge in [-0.05, 0) is 47.2 Å². The Morgan fingerprint density at radius 2 is 1.04 bits per heavy atom. The van der Waals surface area contributed by atoms with E-state index in [-0.39, 0.29) is 39.0 Å². The number of aliphatic carboxylic acids is 2. The van der Waals surface area contributed by atoms with Crippen molar-refractivity contribution in [2.75, 3.05) is 26.2 Å². The monoisotopic (exact) mass is 724 g/mol. The molecule has 262 valence electrons. The first-order valence-corrected chi connectivity index (χ1v) is 17.1. The zero-order valence-corrected chi connectivity index (χ0v) is 28.5. The minimum atomic E-state index is -1.09. The van der Waals surface area contributed by atoms with Crippen molar-refractivity contribution in [1.29, 1.82) is 0 Å². The van der Waals surface area contributed by atoms with E-state index >= 15 is 8.78 Å². The summed E-state index contributed by atoms with van der Waals surface area (Å²) in [5.41, 5.74) is 6.33. The van der Waals surface area contributed by atoms with Crippen LogP contribution in [0.3, 0.4) is 0 Å². The van der Waals surface area contributed by atoms with E-state index < -0.39 is 35.8 Å². The normalized spacial score (nSPS) is 16.0. The van der Waals surface area contributed by atoms with Crippen molar-refractivity contribution in [3.05, 3.63) is 105 Å². The number of nitrogens with zero attached hydrogens (tertiary/aromatic N) is 2. The van der Waals surface area contributed by atoms with E-state index in [0.29, 0.717) is 80.5 Å². The van der Waals surface area contributed by atoms with Crippen LogP contribution in [0.1, 0.15) is 35.1 Å². The molecule has 2 aliphatic rings. The standard InChI is InChI=1S/C38H36Cl2F2N2O6/c39-37-27(23-11-21-7-9-43(17-25(45)15-35(47)48)19-31(21)33(41)13-23)3-1-5-29(37)30-6-2-4-28(38(30)40)24-12-22-8-10-44(18-26(46)16-36(49)50)20-32(22)34(42)14-24/h1-6,11-14,25-26,45-46H,7-10,15-20H2,(H,47,48)(H,49,50). The summed E-state index contributed by atoms with van der Waals surface area (Å²) in [5.74, 6) is -3.00. The molecule has 0 bridgehead atoms. The molecule has 2 unspecified atom stereocenters. The number of hydrogen-bond acceptors (Lipinski definition) is 6. The third-order valence-corrected chi connectivity index (χ3v) is 10.2. The van der Waals surface area contributed by atoms with Crippen LogP contribution in [0.2, 0.25) is 10.0 Å². The van der Waals surface area contributed by atoms with Crippen LogP contribution >= 0.6 is 23.2 Å². The average Bonchev–Trinajstić information content (AvgIpc) is 3.05. The number of carboxylic acid groups (broad SMARTS) is 2. The molecule has 2 aliphatic heterocycles. The zero-order chi connectivity index (χ0) is 35.7. The third-order valence-electron chi connectivity index (χ3n) is 9.40. The Labute approximate surface area is 298 Å². The first-order valence-electron chi connectivity index (χ1n) is 16.3. The molecular formula is C38H36Cl2F2N2O6. The van der Waals surface area contributed by atoms with Crippen molar-refractivity contribution < 1.29 is 38.8 Å². The molecule has 4 aromatic carbocycles. The van der Waals surface area contributed by atoms with Gasteiger partial charge in [-0.2, -0.15) is 0 Å². The minimum absolute atomic E-state index is 0.137. The SMILES string of the molecule is O=C(O)CC(O)CN1CCc2cc(-c3cccc(-c4cccc(-c5cc(F)c6c(c5)CCN(CC(O)CC(=O)O)C6)c4Cl)c3Cl)cc(F)c2C1. The van der Waals surface area contributed by atoms with Gasteiger partial charge in [0.2, 0.25) is 0 Å². The molecule has 50 heavy (non-hydrogen) atoms. The summed E-state index contributed by atoms with van der Waals surface area (Å²) < 4.78 is 31.1. The molecule has 0 amide bonds. The topological polar surface area (TPSA) is 122 Å². The van der Waals surface area contributed by atoms with Gasteiger partial charge in [-0.3, -0.25) is 19.4 Å². The van der Waals surface area contributed by atoms with Gasteiger partial charge in [-0.1, -0.05) is 71.7 Å². The summed E-state index contributed by atoms with van der Waals surface area (Å²) in [7, 11) is 0. The van der Waals surface area contributed by atoms with E-state index in [2.05, 4.69) is 0 Å². The lowest BCUT2D eigenvalue weighted by Crippen LogP contribution is -2.37. The lowest BCUT2D eigenvalue weighted by atomic mass is 9.91. The van der Waals surface area contributed by atoms with Crippen molar-refractivity contribution >= 4 is 35.1 Å². The smallest absolute Gasteiger partial charge is 0.306 e. The van der Waals surface area contributed by atoms with Crippen LogP contribution in [0, 0.1) is 11.6 Å². The molecule has 0 saturated carbocycles. The number of benzene rings is 4. The summed E-state index contributed by atoms with van der Waals surface area (Å²) in [6, 6.07) is 17.6. The van der Waals surface area contributed by atoms with Gasteiger partial charge in [0.15, 0.2) is 0 Å². The van der Waals surface area contributed by atoms with E-state index in [1.54, 1.807) is 0 Å². The Morgan fingerprint density at radius 1 is 0.660 bits per heavy atom. The van der Waals surface area contributed by atoms with Crippen LogP contribution in [0.15, 0.2) is 60.7 Å². The van der Waals surface area contributed by atoms with Gasteiger partial charge >= 0.3 is 11.9 Å². The van der Waals surface area contributed by atoms with Gasteiger partial charge in [-0.25, -0.2) is 8.78 Å². The summed E-state index contributed by atoms with van der Waals surface area (Å²) in [4.78, 5) is 25.6. The van der Waals surface area contributed by atoms with Gasteiger partial charge in [0.05, 0.1) is 35.1 Å². The van der Waals surface area contributed by atoms with E-state index in [1.807, 2.05) is 58.3 Å². The number of hydrogen-bond donors (Lipinski definition) is 4. The van der Waals surface area contributed by atoms with Gasteiger partial charge < -0.3 is 20.4 Å². The van der Waals surface area contributed by atoms with Gasteiger partial charge in [0.1, 0.15) is 11.6 Å². The lowest BCUT2D eigenvalue weighted by molar-refractivity contribution is -0.140. The summed E-state index contributed by atoms with van der Waals surface area (Å²) in [6.45, 7) is 1.87. The number of carbonyl (C=O) groups is 2. The summed E-state index contributed by atoms with van der Waals surface area (Å²) in [6.07, 6.45) is -1.79. The quantitative estimate of drug-likeness (QED) is 0.136. The Morgan fingerprint density at radius 3 is 1.42 bits per heavy atom. The highest BCUT2D eigenvalue weighted by Gasteiger charge is 2.26. The number of fused-ring (bicyclic) bond motifs is 2. The maximum absolute atomic E-state index is 15.6.